The van der Waals surface area contributed by atoms with Gasteiger partial charge in [-0.15, -0.1) is 0 Å². The Morgan fingerprint density at radius 1 is 1.08 bits per heavy atom. The molecular weight excluding hydrogens is 316 g/mol. The van der Waals surface area contributed by atoms with Gasteiger partial charge in [0.25, 0.3) is 5.91 Å². The fourth-order valence-corrected chi connectivity index (χ4v) is 3.46. The van der Waals surface area contributed by atoms with Crippen molar-refractivity contribution in [1.82, 2.24) is 4.57 Å². The second kappa shape index (κ2) is 5.93. The molecule has 0 saturated carbocycles. The van der Waals surface area contributed by atoms with Gasteiger partial charge in [0.15, 0.2) is 0 Å². The van der Waals surface area contributed by atoms with Gasteiger partial charge in [-0.2, -0.15) is 0 Å². The number of nitrogens with zero attached hydrogens (tertiary/aromatic N) is 2. The van der Waals surface area contributed by atoms with E-state index >= 15 is 0 Å². The van der Waals surface area contributed by atoms with Crippen LogP contribution in [0.4, 0.5) is 5.69 Å². The zero-order chi connectivity index (χ0) is 17.6. The highest BCUT2D eigenvalue weighted by Crippen LogP contribution is 2.33. The van der Waals surface area contributed by atoms with E-state index in [1.54, 1.807) is 14.2 Å². The first kappa shape index (κ1) is 15.7. The first-order chi connectivity index (χ1) is 12.1. The maximum atomic E-state index is 12.8. The molecule has 0 aliphatic carbocycles. The van der Waals surface area contributed by atoms with E-state index in [1.165, 1.54) is 0 Å². The smallest absolute Gasteiger partial charge is 0.259 e. The highest BCUT2D eigenvalue weighted by Gasteiger charge is 2.29. The van der Waals surface area contributed by atoms with Crippen LogP contribution in [0, 0.1) is 0 Å². The summed E-state index contributed by atoms with van der Waals surface area (Å²) in [6.45, 7) is 1.15. The van der Waals surface area contributed by atoms with Gasteiger partial charge >= 0.3 is 0 Å². The SMILES string of the molecule is COCc1cc2cc(N3Cc4ccc(OC)cc4C3=O)ccc2n1C. The quantitative estimate of drug-likeness (QED) is 0.732. The largest absolute Gasteiger partial charge is 0.497 e. The van der Waals surface area contributed by atoms with Crippen LogP contribution in [0.25, 0.3) is 10.9 Å². The van der Waals surface area contributed by atoms with Gasteiger partial charge in [-0.05, 0) is 42.0 Å². The first-order valence-electron chi connectivity index (χ1n) is 8.18. The van der Waals surface area contributed by atoms with Crippen molar-refractivity contribution >= 4 is 22.5 Å². The third-order valence-electron chi connectivity index (χ3n) is 4.85. The van der Waals surface area contributed by atoms with Gasteiger partial charge in [0, 0.05) is 42.0 Å². The summed E-state index contributed by atoms with van der Waals surface area (Å²) < 4.78 is 12.6. The molecule has 1 aliphatic rings. The van der Waals surface area contributed by atoms with Crippen LogP contribution in [-0.4, -0.2) is 24.7 Å². The van der Waals surface area contributed by atoms with E-state index in [2.05, 4.69) is 22.8 Å². The summed E-state index contributed by atoms with van der Waals surface area (Å²) >= 11 is 0. The van der Waals surface area contributed by atoms with Crippen molar-refractivity contribution in [3.8, 4) is 5.75 Å². The Hall–Kier alpha value is -2.79. The monoisotopic (exact) mass is 336 g/mol. The van der Waals surface area contributed by atoms with Gasteiger partial charge in [0.1, 0.15) is 5.75 Å². The molecule has 1 aliphatic heterocycles. The number of methoxy groups -OCH3 is 2. The summed E-state index contributed by atoms with van der Waals surface area (Å²) in [5.41, 5.74) is 4.88. The minimum Gasteiger partial charge on any atom is -0.497 e. The summed E-state index contributed by atoms with van der Waals surface area (Å²) in [6.07, 6.45) is 0. The maximum Gasteiger partial charge on any atom is 0.259 e. The molecule has 128 valence electrons. The predicted molar refractivity (Wildman–Crippen MR) is 97.1 cm³/mol. The van der Waals surface area contributed by atoms with E-state index in [9.17, 15) is 4.79 Å². The third kappa shape index (κ3) is 2.48. The summed E-state index contributed by atoms with van der Waals surface area (Å²) in [7, 11) is 5.33. The average Bonchev–Trinajstić information content (AvgIpc) is 3.12. The number of fused-ring (bicyclic) bond motifs is 2. The van der Waals surface area contributed by atoms with E-state index in [-0.39, 0.29) is 5.91 Å². The van der Waals surface area contributed by atoms with Crippen LogP contribution in [0.1, 0.15) is 21.6 Å². The van der Waals surface area contributed by atoms with Crippen LogP contribution < -0.4 is 9.64 Å². The van der Waals surface area contributed by atoms with Gasteiger partial charge in [0.05, 0.1) is 20.3 Å². The van der Waals surface area contributed by atoms with Crippen molar-refractivity contribution in [3.05, 3.63) is 59.3 Å². The Morgan fingerprint density at radius 2 is 1.92 bits per heavy atom. The van der Waals surface area contributed by atoms with Crippen molar-refractivity contribution in [3.63, 3.8) is 0 Å². The number of carbonyl (C=O) groups is 1. The maximum absolute atomic E-state index is 12.8. The van der Waals surface area contributed by atoms with Crippen LogP contribution >= 0.6 is 0 Å². The topological polar surface area (TPSA) is 43.7 Å². The van der Waals surface area contributed by atoms with E-state index in [1.807, 2.05) is 36.2 Å². The third-order valence-corrected chi connectivity index (χ3v) is 4.85. The molecule has 0 fully saturated rings. The molecule has 25 heavy (non-hydrogen) atoms. The minimum atomic E-state index is 0.0151. The number of amides is 1. The second-order valence-corrected chi connectivity index (χ2v) is 6.29. The van der Waals surface area contributed by atoms with Crippen molar-refractivity contribution in [1.29, 1.82) is 0 Å². The van der Waals surface area contributed by atoms with Gasteiger partial charge in [-0.3, -0.25) is 4.79 Å². The molecule has 5 nitrogen and oxygen atoms in total. The average molecular weight is 336 g/mol. The Labute approximate surface area is 146 Å². The van der Waals surface area contributed by atoms with E-state index in [0.29, 0.717) is 24.5 Å². The molecule has 2 heterocycles. The standard InChI is InChI=1S/C20H20N2O3/c1-21-16(12-24-2)9-14-8-15(5-7-19(14)21)22-11-13-4-6-17(25-3)10-18(13)20(22)23/h4-10H,11-12H2,1-3H3. The Kier molecular flexibility index (Phi) is 3.73. The van der Waals surface area contributed by atoms with E-state index in [4.69, 9.17) is 9.47 Å². The predicted octanol–water partition coefficient (Wildman–Crippen LogP) is 3.49. The van der Waals surface area contributed by atoms with Gasteiger partial charge in [-0.1, -0.05) is 6.07 Å². The summed E-state index contributed by atoms with van der Waals surface area (Å²) in [6, 6.07) is 13.9. The lowest BCUT2D eigenvalue weighted by atomic mass is 10.1. The molecule has 0 spiro atoms. The Balaban J connectivity index is 1.72. The van der Waals surface area contributed by atoms with Gasteiger partial charge < -0.3 is 18.9 Å². The zero-order valence-corrected chi connectivity index (χ0v) is 14.6. The Morgan fingerprint density at radius 3 is 2.68 bits per heavy atom. The fraction of sp³-hybridized carbons (Fsp3) is 0.250. The molecule has 1 amide bonds. The molecule has 1 aromatic heterocycles. The number of carbonyl (C=O) groups excluding carboxylic acids is 1. The second-order valence-electron chi connectivity index (χ2n) is 6.29. The molecular formula is C20H20N2O3. The molecule has 0 atom stereocenters. The molecule has 0 unspecified atom stereocenters. The molecule has 5 heteroatoms. The molecule has 0 saturated heterocycles. The fourth-order valence-electron chi connectivity index (χ4n) is 3.46. The van der Waals surface area contributed by atoms with Gasteiger partial charge in [-0.25, -0.2) is 0 Å². The van der Waals surface area contributed by atoms with Crippen molar-refractivity contribution in [2.24, 2.45) is 7.05 Å². The highest BCUT2D eigenvalue weighted by molar-refractivity contribution is 6.10. The number of aryl methyl sites for hydroxylation is 1. The lowest BCUT2D eigenvalue weighted by Gasteiger charge is -2.16. The van der Waals surface area contributed by atoms with Crippen molar-refractivity contribution in [2.75, 3.05) is 19.1 Å². The highest BCUT2D eigenvalue weighted by atomic mass is 16.5. The van der Waals surface area contributed by atoms with Crippen LogP contribution in [0.5, 0.6) is 5.75 Å². The van der Waals surface area contributed by atoms with E-state index in [0.717, 1.165) is 27.8 Å². The minimum absolute atomic E-state index is 0.0151. The number of rotatable bonds is 4. The number of aromatic nitrogens is 1. The summed E-state index contributed by atoms with van der Waals surface area (Å²) in [4.78, 5) is 14.6. The Bertz CT molecular complexity index is 974. The van der Waals surface area contributed by atoms with Gasteiger partial charge in [0.2, 0.25) is 0 Å². The van der Waals surface area contributed by atoms with Crippen molar-refractivity contribution in [2.45, 2.75) is 13.2 Å². The molecule has 0 radical (unpaired) electrons. The molecule has 2 aromatic carbocycles. The molecule has 4 rings (SSSR count). The molecule has 0 bridgehead atoms. The number of anilines is 1. The van der Waals surface area contributed by atoms with Crippen LogP contribution in [-0.2, 0) is 24.9 Å². The number of ether oxygens (including phenoxy) is 2. The van der Waals surface area contributed by atoms with Crippen molar-refractivity contribution < 1.29 is 14.3 Å². The molecule has 3 aromatic rings. The number of hydrogen-bond acceptors (Lipinski definition) is 3. The van der Waals surface area contributed by atoms with Crippen LogP contribution in [0.15, 0.2) is 42.5 Å². The summed E-state index contributed by atoms with van der Waals surface area (Å²) in [5.74, 6) is 0.720. The number of hydrogen-bond donors (Lipinski definition) is 0. The summed E-state index contributed by atoms with van der Waals surface area (Å²) in [5, 5.41) is 1.10. The molecule has 0 N–H and O–H groups in total. The lowest BCUT2D eigenvalue weighted by Crippen LogP contribution is -2.22. The number of benzene rings is 2. The zero-order valence-electron chi connectivity index (χ0n) is 14.6. The lowest BCUT2D eigenvalue weighted by molar-refractivity contribution is 0.0996. The van der Waals surface area contributed by atoms with Crippen LogP contribution in [0.2, 0.25) is 0 Å². The van der Waals surface area contributed by atoms with Crippen LogP contribution in [0.3, 0.4) is 0 Å². The first-order valence-corrected chi connectivity index (χ1v) is 8.18. The normalized spacial score (nSPS) is 13.6. The van der Waals surface area contributed by atoms with E-state index < -0.39 is 0 Å².